The molecule has 0 bridgehead atoms. The molecule has 1 rings (SSSR count). The summed E-state index contributed by atoms with van der Waals surface area (Å²) in [5.74, 6) is 0. The van der Waals surface area contributed by atoms with Crippen molar-refractivity contribution in [2.45, 2.75) is 13.8 Å². The van der Waals surface area contributed by atoms with E-state index in [-0.39, 0.29) is 5.69 Å². The first-order valence-corrected chi connectivity index (χ1v) is 5.88. The van der Waals surface area contributed by atoms with Gasteiger partial charge in [0, 0.05) is 30.4 Å². The SMILES string of the molecule is C=CN=C(C(C)=NC)c1c(Cl)ccc([N+](=O)[O-])c1C. The van der Waals surface area contributed by atoms with Crippen molar-refractivity contribution in [1.29, 1.82) is 0 Å². The number of rotatable bonds is 4. The highest BCUT2D eigenvalue weighted by atomic mass is 35.5. The molecule has 5 nitrogen and oxygen atoms in total. The lowest BCUT2D eigenvalue weighted by molar-refractivity contribution is -0.385. The van der Waals surface area contributed by atoms with E-state index in [1.54, 1.807) is 20.9 Å². The molecule has 0 radical (unpaired) electrons. The van der Waals surface area contributed by atoms with E-state index < -0.39 is 4.92 Å². The quantitative estimate of drug-likeness (QED) is 0.480. The zero-order valence-corrected chi connectivity index (χ0v) is 11.7. The van der Waals surface area contributed by atoms with Gasteiger partial charge >= 0.3 is 0 Å². The van der Waals surface area contributed by atoms with Crippen LogP contribution in [0.2, 0.25) is 5.02 Å². The van der Waals surface area contributed by atoms with Gasteiger partial charge in [0.05, 0.1) is 21.4 Å². The second-order valence-electron chi connectivity index (χ2n) is 3.79. The van der Waals surface area contributed by atoms with Crippen LogP contribution in [0.15, 0.2) is 34.9 Å². The summed E-state index contributed by atoms with van der Waals surface area (Å²) >= 11 is 6.14. The summed E-state index contributed by atoms with van der Waals surface area (Å²) in [6.07, 6.45) is 1.36. The maximum Gasteiger partial charge on any atom is 0.273 e. The van der Waals surface area contributed by atoms with Crippen molar-refractivity contribution < 1.29 is 4.92 Å². The first-order chi connectivity index (χ1) is 8.93. The number of halogens is 1. The topological polar surface area (TPSA) is 67.9 Å². The Morgan fingerprint density at radius 2 is 2.16 bits per heavy atom. The van der Waals surface area contributed by atoms with Crippen molar-refractivity contribution in [3.63, 3.8) is 0 Å². The molecule has 0 aromatic heterocycles. The first-order valence-electron chi connectivity index (χ1n) is 5.50. The van der Waals surface area contributed by atoms with E-state index >= 15 is 0 Å². The maximum absolute atomic E-state index is 11.0. The Morgan fingerprint density at radius 1 is 1.53 bits per heavy atom. The Morgan fingerprint density at radius 3 is 2.63 bits per heavy atom. The third-order valence-electron chi connectivity index (χ3n) is 2.72. The number of hydrogen-bond donors (Lipinski definition) is 0. The van der Waals surface area contributed by atoms with Gasteiger partial charge in [-0.05, 0) is 19.9 Å². The molecule has 0 aliphatic carbocycles. The number of hydrogen-bond acceptors (Lipinski definition) is 4. The number of nitro groups is 1. The van der Waals surface area contributed by atoms with E-state index in [1.807, 2.05) is 0 Å². The Kier molecular flexibility index (Phi) is 4.94. The monoisotopic (exact) mass is 279 g/mol. The number of nitro benzene ring substituents is 1. The normalized spacial score (nSPS) is 12.4. The van der Waals surface area contributed by atoms with Crippen molar-refractivity contribution in [3.8, 4) is 0 Å². The fourth-order valence-electron chi connectivity index (χ4n) is 1.69. The lowest BCUT2D eigenvalue weighted by Crippen LogP contribution is -2.15. The van der Waals surface area contributed by atoms with Gasteiger partial charge in [0.25, 0.3) is 5.69 Å². The minimum Gasteiger partial charge on any atom is -0.291 e. The van der Waals surface area contributed by atoms with Crippen LogP contribution in [0.5, 0.6) is 0 Å². The standard InChI is InChI=1S/C13H14ClN3O2/c1-5-16-13(9(3)15-4)12-8(2)11(17(18)19)7-6-10(12)14/h5-7H,1H2,2-4H3. The Bertz CT molecular complexity index is 592. The van der Waals surface area contributed by atoms with E-state index in [9.17, 15) is 10.1 Å². The van der Waals surface area contributed by atoms with Gasteiger partial charge in [-0.2, -0.15) is 0 Å². The Hall–Kier alpha value is -2.01. The van der Waals surface area contributed by atoms with Crippen LogP contribution < -0.4 is 0 Å². The third-order valence-corrected chi connectivity index (χ3v) is 3.03. The zero-order chi connectivity index (χ0) is 14.6. The summed E-state index contributed by atoms with van der Waals surface area (Å²) in [5.41, 5.74) is 2.09. The minimum absolute atomic E-state index is 0.0000605. The number of benzene rings is 1. The van der Waals surface area contributed by atoms with Crippen LogP contribution in [0, 0.1) is 17.0 Å². The molecule has 1 aromatic rings. The molecule has 0 aliphatic rings. The Balaban J connectivity index is 3.64. The second-order valence-corrected chi connectivity index (χ2v) is 4.20. The zero-order valence-electron chi connectivity index (χ0n) is 11.0. The molecule has 0 fully saturated rings. The van der Waals surface area contributed by atoms with E-state index in [0.29, 0.717) is 27.6 Å². The predicted octanol–water partition coefficient (Wildman–Crippen LogP) is 3.58. The molecule has 0 aliphatic heterocycles. The smallest absolute Gasteiger partial charge is 0.273 e. The van der Waals surface area contributed by atoms with Crippen LogP contribution in [0.25, 0.3) is 0 Å². The van der Waals surface area contributed by atoms with Crippen molar-refractivity contribution in [1.82, 2.24) is 0 Å². The minimum atomic E-state index is -0.445. The van der Waals surface area contributed by atoms with Crippen molar-refractivity contribution in [2.75, 3.05) is 7.05 Å². The maximum atomic E-state index is 11.0. The van der Waals surface area contributed by atoms with Gasteiger partial charge in [-0.1, -0.05) is 18.2 Å². The molecular formula is C13H14ClN3O2. The summed E-state index contributed by atoms with van der Waals surface area (Å²) < 4.78 is 0. The first kappa shape index (κ1) is 15.0. The molecule has 0 N–H and O–H groups in total. The molecule has 0 unspecified atom stereocenters. The fraction of sp³-hybridized carbons (Fsp3) is 0.231. The highest BCUT2D eigenvalue weighted by Crippen LogP contribution is 2.29. The highest BCUT2D eigenvalue weighted by Gasteiger charge is 2.21. The summed E-state index contributed by atoms with van der Waals surface area (Å²) in [6, 6.07) is 2.87. The number of aliphatic imine (C=N–C) groups is 2. The summed E-state index contributed by atoms with van der Waals surface area (Å²) in [7, 11) is 1.62. The van der Waals surface area contributed by atoms with Gasteiger partial charge in [0.2, 0.25) is 0 Å². The fourth-order valence-corrected chi connectivity index (χ4v) is 1.99. The molecule has 0 heterocycles. The van der Waals surface area contributed by atoms with Crippen LogP contribution in [0.4, 0.5) is 5.69 Å². The second kappa shape index (κ2) is 6.24. The summed E-state index contributed by atoms with van der Waals surface area (Å²) in [4.78, 5) is 18.7. The van der Waals surface area contributed by atoms with Crippen LogP contribution >= 0.6 is 11.6 Å². The van der Waals surface area contributed by atoms with E-state index in [4.69, 9.17) is 11.6 Å². The Labute approximate surface area is 116 Å². The van der Waals surface area contributed by atoms with E-state index in [2.05, 4.69) is 16.6 Å². The van der Waals surface area contributed by atoms with Crippen molar-refractivity contribution in [2.24, 2.45) is 9.98 Å². The summed E-state index contributed by atoms with van der Waals surface area (Å²) in [6.45, 7) is 6.94. The van der Waals surface area contributed by atoms with Crippen LogP contribution in [0.1, 0.15) is 18.1 Å². The predicted molar refractivity (Wildman–Crippen MR) is 78.6 cm³/mol. The molecule has 19 heavy (non-hydrogen) atoms. The molecule has 6 heteroatoms. The molecule has 1 aromatic carbocycles. The molecule has 100 valence electrons. The molecule has 0 saturated heterocycles. The van der Waals surface area contributed by atoms with Gasteiger partial charge in [-0.15, -0.1) is 0 Å². The van der Waals surface area contributed by atoms with E-state index in [0.717, 1.165) is 0 Å². The van der Waals surface area contributed by atoms with Crippen LogP contribution in [-0.4, -0.2) is 23.4 Å². The largest absolute Gasteiger partial charge is 0.291 e. The number of nitrogens with zero attached hydrogens (tertiary/aromatic N) is 3. The van der Waals surface area contributed by atoms with Gasteiger partial charge in [-0.3, -0.25) is 20.1 Å². The lowest BCUT2D eigenvalue weighted by atomic mass is 9.99. The van der Waals surface area contributed by atoms with Crippen molar-refractivity contribution in [3.05, 3.63) is 51.2 Å². The highest BCUT2D eigenvalue weighted by molar-refractivity contribution is 6.51. The van der Waals surface area contributed by atoms with Gasteiger partial charge in [-0.25, -0.2) is 0 Å². The molecule has 0 atom stereocenters. The molecule has 0 saturated carbocycles. The molecular weight excluding hydrogens is 266 g/mol. The average Bonchev–Trinajstić information content (AvgIpc) is 2.36. The molecule has 0 spiro atoms. The van der Waals surface area contributed by atoms with Gasteiger partial charge in [0.1, 0.15) is 0 Å². The van der Waals surface area contributed by atoms with E-state index in [1.165, 1.54) is 18.3 Å². The van der Waals surface area contributed by atoms with Crippen LogP contribution in [-0.2, 0) is 0 Å². The summed E-state index contributed by atoms with van der Waals surface area (Å²) in [5, 5.41) is 11.4. The average molecular weight is 280 g/mol. The third kappa shape index (κ3) is 3.06. The van der Waals surface area contributed by atoms with Gasteiger partial charge < -0.3 is 0 Å². The van der Waals surface area contributed by atoms with Gasteiger partial charge in [0.15, 0.2) is 0 Å². The molecule has 0 amide bonds. The van der Waals surface area contributed by atoms with Crippen molar-refractivity contribution >= 4 is 28.7 Å². The lowest BCUT2D eigenvalue weighted by Gasteiger charge is -2.11. The van der Waals surface area contributed by atoms with Crippen LogP contribution in [0.3, 0.4) is 0 Å².